The van der Waals surface area contributed by atoms with Gasteiger partial charge in [-0.25, -0.2) is 14.5 Å². The summed E-state index contributed by atoms with van der Waals surface area (Å²) in [6.45, 7) is 7.74. The number of hydrogen-bond donors (Lipinski definition) is 2. The molecule has 0 aromatic heterocycles. The van der Waals surface area contributed by atoms with Gasteiger partial charge in [0.1, 0.15) is 0 Å². The number of urea groups is 2. The fourth-order valence-electron chi connectivity index (χ4n) is 3.49. The molecular formula is C21H28N4O2. The van der Waals surface area contributed by atoms with Gasteiger partial charge >= 0.3 is 12.1 Å². The first-order valence-corrected chi connectivity index (χ1v) is 9.67. The van der Waals surface area contributed by atoms with E-state index in [2.05, 4.69) is 35.5 Å². The summed E-state index contributed by atoms with van der Waals surface area (Å²) < 4.78 is 0. The third kappa shape index (κ3) is 4.57. The smallest absolute Gasteiger partial charge is 0.330 e. The molecule has 4 amide bonds. The van der Waals surface area contributed by atoms with E-state index in [0.717, 1.165) is 43.7 Å². The number of hydrogen-bond acceptors (Lipinski definition) is 3. The zero-order valence-corrected chi connectivity index (χ0v) is 16.1. The van der Waals surface area contributed by atoms with E-state index < -0.39 is 0 Å². The molecule has 6 nitrogen and oxygen atoms in total. The van der Waals surface area contributed by atoms with E-state index in [1.165, 1.54) is 10.5 Å². The van der Waals surface area contributed by atoms with E-state index in [-0.39, 0.29) is 18.1 Å². The molecule has 1 heterocycles. The number of allylic oxidation sites excluding steroid dienone is 1. The second kappa shape index (κ2) is 8.86. The Morgan fingerprint density at radius 1 is 1.26 bits per heavy atom. The van der Waals surface area contributed by atoms with Crippen LogP contribution in [-0.2, 0) is 6.54 Å². The molecule has 3 rings (SSSR count). The third-order valence-electron chi connectivity index (χ3n) is 5.17. The molecule has 0 spiro atoms. The topological polar surface area (TPSA) is 64.7 Å². The van der Waals surface area contributed by atoms with Crippen molar-refractivity contribution in [2.24, 2.45) is 0 Å². The molecule has 1 aliphatic carbocycles. The van der Waals surface area contributed by atoms with Crippen molar-refractivity contribution in [2.75, 3.05) is 19.6 Å². The van der Waals surface area contributed by atoms with Crippen molar-refractivity contribution in [1.29, 1.82) is 0 Å². The molecule has 144 valence electrons. The molecule has 2 aliphatic rings. The average molecular weight is 368 g/mol. The Bertz CT molecular complexity index is 738. The predicted octanol–water partition coefficient (Wildman–Crippen LogP) is 3.24. The summed E-state index contributed by atoms with van der Waals surface area (Å²) in [6.07, 6.45) is 5.82. The maximum atomic E-state index is 12.6. The van der Waals surface area contributed by atoms with Crippen LogP contribution >= 0.6 is 0 Å². The number of nitrogens with one attached hydrogen (secondary N) is 2. The molecule has 0 saturated carbocycles. The highest BCUT2D eigenvalue weighted by Crippen LogP contribution is 2.28. The quantitative estimate of drug-likeness (QED) is 0.777. The summed E-state index contributed by atoms with van der Waals surface area (Å²) >= 11 is 0. The monoisotopic (exact) mass is 368 g/mol. The number of benzene rings is 1. The lowest BCUT2D eigenvalue weighted by molar-refractivity contribution is 0.204. The van der Waals surface area contributed by atoms with E-state index >= 15 is 0 Å². The lowest BCUT2D eigenvalue weighted by atomic mass is 9.98. The summed E-state index contributed by atoms with van der Waals surface area (Å²) in [6, 6.07) is 8.83. The Labute approximate surface area is 160 Å². The molecule has 0 radical (unpaired) electrons. The Balaban J connectivity index is 1.65. The number of carbonyl (C=O) groups is 2. The molecule has 2 N–H and O–H groups in total. The lowest BCUT2D eigenvalue weighted by Crippen LogP contribution is -2.40. The molecule has 1 atom stereocenters. The molecular weight excluding hydrogens is 340 g/mol. The van der Waals surface area contributed by atoms with Crippen LogP contribution in [0.1, 0.15) is 32.3 Å². The summed E-state index contributed by atoms with van der Waals surface area (Å²) in [5, 5.41) is 5.74. The molecule has 1 saturated heterocycles. The number of nitrogens with zero attached hydrogens (tertiary/aromatic N) is 2. The van der Waals surface area contributed by atoms with E-state index in [0.29, 0.717) is 6.54 Å². The maximum Gasteiger partial charge on any atom is 0.330 e. The highest BCUT2D eigenvalue weighted by molar-refractivity contribution is 5.98. The van der Waals surface area contributed by atoms with Crippen molar-refractivity contribution in [3.63, 3.8) is 0 Å². The van der Waals surface area contributed by atoms with Gasteiger partial charge in [0.25, 0.3) is 0 Å². The van der Waals surface area contributed by atoms with Crippen molar-refractivity contribution < 1.29 is 9.59 Å². The Kier molecular flexibility index (Phi) is 6.29. The van der Waals surface area contributed by atoms with Crippen LogP contribution in [-0.4, -0.2) is 47.5 Å². The van der Waals surface area contributed by atoms with Gasteiger partial charge in [-0.3, -0.25) is 0 Å². The van der Waals surface area contributed by atoms with Gasteiger partial charge in [0, 0.05) is 13.1 Å². The minimum Gasteiger partial charge on any atom is -0.333 e. The van der Waals surface area contributed by atoms with Crippen LogP contribution in [0.4, 0.5) is 9.59 Å². The molecule has 27 heavy (non-hydrogen) atoms. The first kappa shape index (κ1) is 19.2. The van der Waals surface area contributed by atoms with Gasteiger partial charge in [-0.05, 0) is 43.1 Å². The highest BCUT2D eigenvalue weighted by Gasteiger charge is 2.39. The Hall–Kier alpha value is -2.60. The van der Waals surface area contributed by atoms with Crippen LogP contribution in [0.2, 0.25) is 0 Å². The van der Waals surface area contributed by atoms with Gasteiger partial charge in [0.15, 0.2) is 0 Å². The number of fused-ring (bicyclic) bond motifs is 1. The predicted molar refractivity (Wildman–Crippen MR) is 106 cm³/mol. The summed E-state index contributed by atoms with van der Waals surface area (Å²) in [4.78, 5) is 28.6. The van der Waals surface area contributed by atoms with Gasteiger partial charge in [-0.1, -0.05) is 50.3 Å². The van der Waals surface area contributed by atoms with Gasteiger partial charge < -0.3 is 15.5 Å². The standard InChI is InChI=1S/C21H28N4O2/c1-3-24(4-2)13-12-16-10-11-18-19(14-16)25(21(27)23-18)20(26)22-15-17-8-6-5-7-9-17/h5-10,14,18H,3-4,11-13,15H2,1-2H3,(H,22,26)(H,23,27). The van der Waals surface area contributed by atoms with Crippen molar-refractivity contribution >= 4 is 12.1 Å². The number of imide groups is 1. The maximum absolute atomic E-state index is 12.6. The van der Waals surface area contributed by atoms with Gasteiger partial charge in [0.05, 0.1) is 11.7 Å². The summed E-state index contributed by atoms with van der Waals surface area (Å²) in [5.41, 5.74) is 2.94. The van der Waals surface area contributed by atoms with Crippen LogP contribution < -0.4 is 10.6 Å². The van der Waals surface area contributed by atoms with Crippen molar-refractivity contribution in [3.8, 4) is 0 Å². The number of carbonyl (C=O) groups excluding carboxylic acids is 2. The third-order valence-corrected chi connectivity index (χ3v) is 5.17. The first-order valence-electron chi connectivity index (χ1n) is 9.67. The highest BCUT2D eigenvalue weighted by atomic mass is 16.2. The van der Waals surface area contributed by atoms with Crippen LogP contribution in [0.5, 0.6) is 0 Å². The van der Waals surface area contributed by atoms with Crippen LogP contribution in [0.15, 0.2) is 53.8 Å². The Morgan fingerprint density at radius 3 is 2.70 bits per heavy atom. The molecule has 1 aromatic carbocycles. The zero-order valence-electron chi connectivity index (χ0n) is 16.1. The minimum atomic E-state index is -0.380. The summed E-state index contributed by atoms with van der Waals surface area (Å²) in [5.74, 6) is 0. The molecule has 1 unspecified atom stereocenters. The van der Waals surface area contributed by atoms with Gasteiger partial charge in [-0.2, -0.15) is 0 Å². The van der Waals surface area contributed by atoms with Crippen molar-refractivity contribution in [1.82, 2.24) is 20.4 Å². The lowest BCUT2D eigenvalue weighted by Gasteiger charge is -2.23. The fourth-order valence-corrected chi connectivity index (χ4v) is 3.49. The zero-order chi connectivity index (χ0) is 19.2. The first-order chi connectivity index (χ1) is 13.1. The normalized spacial score (nSPS) is 18.7. The second-order valence-electron chi connectivity index (χ2n) is 6.84. The van der Waals surface area contributed by atoms with E-state index in [9.17, 15) is 9.59 Å². The molecule has 6 heteroatoms. The molecule has 1 aliphatic heterocycles. The van der Waals surface area contributed by atoms with Crippen LogP contribution in [0.25, 0.3) is 0 Å². The number of amides is 4. The molecule has 1 fully saturated rings. The van der Waals surface area contributed by atoms with Crippen molar-refractivity contribution in [2.45, 2.75) is 39.3 Å². The van der Waals surface area contributed by atoms with Gasteiger partial charge in [-0.15, -0.1) is 0 Å². The molecule has 0 bridgehead atoms. The average Bonchev–Trinajstić information content (AvgIpc) is 3.03. The minimum absolute atomic E-state index is 0.114. The van der Waals surface area contributed by atoms with E-state index in [4.69, 9.17) is 0 Å². The summed E-state index contributed by atoms with van der Waals surface area (Å²) in [7, 11) is 0. The van der Waals surface area contributed by atoms with Crippen LogP contribution in [0.3, 0.4) is 0 Å². The van der Waals surface area contributed by atoms with E-state index in [1.54, 1.807) is 0 Å². The second-order valence-corrected chi connectivity index (χ2v) is 6.84. The molecule has 1 aromatic rings. The SMILES string of the molecule is CCN(CC)CCC1=CCC2NC(=O)N(C(=O)NCc3ccccc3)C2=C1. The largest absolute Gasteiger partial charge is 0.333 e. The van der Waals surface area contributed by atoms with Crippen LogP contribution in [0, 0.1) is 0 Å². The van der Waals surface area contributed by atoms with Crippen molar-refractivity contribution in [3.05, 3.63) is 59.3 Å². The Morgan fingerprint density at radius 2 is 2.00 bits per heavy atom. The number of rotatable bonds is 7. The van der Waals surface area contributed by atoms with E-state index in [1.807, 2.05) is 36.4 Å². The van der Waals surface area contributed by atoms with Gasteiger partial charge in [0.2, 0.25) is 0 Å². The fraction of sp³-hybridized carbons (Fsp3) is 0.429.